The number of nitrogens with zero attached hydrogens (tertiary/aromatic N) is 2. The summed E-state index contributed by atoms with van der Waals surface area (Å²) >= 11 is 0. The van der Waals surface area contributed by atoms with E-state index in [4.69, 9.17) is 5.14 Å². The molecule has 0 aromatic heterocycles. The number of hydrogen-bond acceptors (Lipinski definition) is 5. The minimum Gasteiger partial charge on any atom is -0.339 e. The van der Waals surface area contributed by atoms with Crippen molar-refractivity contribution in [3.8, 4) is 0 Å². The quantitative estimate of drug-likeness (QED) is 0.664. The Kier molecular flexibility index (Phi) is 6.11. The average molecular weight is 340 g/mol. The number of carbonyl (C=O) groups is 1. The molecule has 1 aliphatic heterocycles. The van der Waals surface area contributed by atoms with Crippen LogP contribution in [0.15, 0.2) is 29.2 Å². The smallest absolute Gasteiger partial charge is 0.238 e. The van der Waals surface area contributed by atoms with Gasteiger partial charge in [0.15, 0.2) is 0 Å². The van der Waals surface area contributed by atoms with E-state index in [1.54, 1.807) is 12.1 Å². The molecule has 1 aliphatic rings. The fourth-order valence-electron chi connectivity index (χ4n) is 2.44. The highest BCUT2D eigenvalue weighted by molar-refractivity contribution is 7.89. The summed E-state index contributed by atoms with van der Waals surface area (Å²) in [5.41, 5.74) is 0.997. The van der Waals surface area contributed by atoms with Gasteiger partial charge in [-0.25, -0.2) is 13.6 Å². The van der Waals surface area contributed by atoms with Crippen molar-refractivity contribution in [2.45, 2.75) is 11.3 Å². The summed E-state index contributed by atoms with van der Waals surface area (Å²) in [6.45, 7) is 4.40. The molecule has 1 aromatic rings. The van der Waals surface area contributed by atoms with E-state index in [9.17, 15) is 13.2 Å². The third kappa shape index (κ3) is 5.58. The van der Waals surface area contributed by atoms with Crippen LogP contribution in [0.5, 0.6) is 0 Å². The second kappa shape index (κ2) is 7.87. The molecule has 0 atom stereocenters. The molecule has 7 nitrogen and oxygen atoms in total. The molecule has 1 fully saturated rings. The molecule has 0 bridgehead atoms. The van der Waals surface area contributed by atoms with Crippen molar-refractivity contribution in [2.75, 3.05) is 46.3 Å². The van der Waals surface area contributed by atoms with Crippen molar-refractivity contribution in [3.05, 3.63) is 29.8 Å². The van der Waals surface area contributed by atoms with Gasteiger partial charge in [0.2, 0.25) is 15.9 Å². The highest BCUT2D eigenvalue weighted by Crippen LogP contribution is 2.08. The fourth-order valence-corrected chi connectivity index (χ4v) is 2.96. The van der Waals surface area contributed by atoms with Crippen molar-refractivity contribution in [2.24, 2.45) is 5.14 Å². The second-order valence-electron chi connectivity index (χ2n) is 5.80. The van der Waals surface area contributed by atoms with E-state index < -0.39 is 10.0 Å². The van der Waals surface area contributed by atoms with E-state index in [2.05, 4.69) is 17.3 Å². The number of benzene rings is 1. The molecule has 1 aromatic carbocycles. The Bertz CT molecular complexity index is 623. The zero-order valence-corrected chi connectivity index (χ0v) is 14.2. The summed E-state index contributed by atoms with van der Waals surface area (Å²) in [6, 6.07) is 6.48. The Morgan fingerprint density at radius 1 is 1.17 bits per heavy atom. The van der Waals surface area contributed by atoms with Crippen molar-refractivity contribution in [1.29, 1.82) is 0 Å². The van der Waals surface area contributed by atoms with Gasteiger partial charge in [-0.3, -0.25) is 4.79 Å². The molecule has 1 heterocycles. The molecule has 8 heteroatoms. The highest BCUT2D eigenvalue weighted by Gasteiger charge is 2.18. The van der Waals surface area contributed by atoms with E-state index >= 15 is 0 Å². The molecule has 23 heavy (non-hydrogen) atoms. The molecule has 0 unspecified atom stereocenters. The van der Waals surface area contributed by atoms with Gasteiger partial charge in [0, 0.05) is 26.2 Å². The predicted octanol–water partition coefficient (Wildman–Crippen LogP) is -0.760. The highest BCUT2D eigenvalue weighted by atomic mass is 32.2. The number of rotatable bonds is 6. The van der Waals surface area contributed by atoms with E-state index in [-0.39, 0.29) is 10.8 Å². The van der Waals surface area contributed by atoms with Crippen LogP contribution in [0.2, 0.25) is 0 Å². The molecule has 1 saturated heterocycles. The van der Waals surface area contributed by atoms with Crippen LogP contribution in [0.25, 0.3) is 0 Å². The molecule has 0 aliphatic carbocycles. The van der Waals surface area contributed by atoms with E-state index in [1.165, 1.54) is 12.1 Å². The van der Waals surface area contributed by atoms with E-state index in [0.717, 1.165) is 38.2 Å². The Hall–Kier alpha value is -1.48. The number of carbonyl (C=O) groups excluding carboxylic acids is 1. The van der Waals surface area contributed by atoms with Crippen LogP contribution in [0.1, 0.15) is 5.56 Å². The molecule has 0 radical (unpaired) electrons. The lowest BCUT2D eigenvalue weighted by atomic mass is 10.1. The monoisotopic (exact) mass is 340 g/mol. The Labute approximate surface area is 137 Å². The molecular weight excluding hydrogens is 316 g/mol. The first-order valence-corrected chi connectivity index (χ1v) is 9.19. The van der Waals surface area contributed by atoms with Crippen LogP contribution in [0, 0.1) is 0 Å². The Morgan fingerprint density at radius 3 is 2.35 bits per heavy atom. The normalized spacial score (nSPS) is 16.5. The summed E-state index contributed by atoms with van der Waals surface area (Å²) in [5, 5.41) is 8.20. The summed E-state index contributed by atoms with van der Waals surface area (Å²) in [6.07, 6.45) is 0.723. The van der Waals surface area contributed by atoms with Crippen LogP contribution in [-0.4, -0.2) is 70.4 Å². The first-order valence-electron chi connectivity index (χ1n) is 7.65. The number of likely N-dealkylation sites (N-methyl/N-ethyl adjacent to an activating group) is 1. The zero-order chi connectivity index (χ0) is 16.9. The summed E-state index contributed by atoms with van der Waals surface area (Å²) in [4.78, 5) is 16.2. The van der Waals surface area contributed by atoms with Gasteiger partial charge in [0.25, 0.3) is 0 Å². The third-order valence-corrected chi connectivity index (χ3v) is 4.90. The van der Waals surface area contributed by atoms with Gasteiger partial charge in [0.05, 0.1) is 11.4 Å². The predicted molar refractivity (Wildman–Crippen MR) is 88.5 cm³/mol. The van der Waals surface area contributed by atoms with Gasteiger partial charge < -0.3 is 15.1 Å². The topological polar surface area (TPSA) is 95.7 Å². The fraction of sp³-hybridized carbons (Fsp3) is 0.533. The standard InChI is InChI=1S/C15H24N4O3S/c1-18-8-10-19(11-9-18)15(20)12-17-7-6-13-2-4-14(5-3-13)23(16,21)22/h2-5,17H,6-12H2,1H3,(H2,16,21,22). The van der Waals surface area contributed by atoms with Crippen molar-refractivity contribution in [3.63, 3.8) is 0 Å². The summed E-state index contributed by atoms with van der Waals surface area (Å²) < 4.78 is 22.3. The minimum absolute atomic E-state index is 0.111. The second-order valence-corrected chi connectivity index (χ2v) is 7.36. The molecular formula is C15H24N4O3S. The van der Waals surface area contributed by atoms with Gasteiger partial charge in [-0.2, -0.15) is 0 Å². The number of nitrogens with one attached hydrogen (secondary N) is 1. The number of primary sulfonamides is 1. The lowest BCUT2D eigenvalue weighted by molar-refractivity contribution is -0.131. The SMILES string of the molecule is CN1CCN(C(=O)CNCCc2ccc(S(N)(=O)=O)cc2)CC1. The van der Waals surface area contributed by atoms with Crippen molar-refractivity contribution < 1.29 is 13.2 Å². The van der Waals surface area contributed by atoms with Gasteiger partial charge >= 0.3 is 0 Å². The van der Waals surface area contributed by atoms with Gasteiger partial charge in [-0.1, -0.05) is 12.1 Å². The number of nitrogens with two attached hydrogens (primary N) is 1. The maximum absolute atomic E-state index is 12.0. The molecule has 0 spiro atoms. The first-order chi connectivity index (χ1) is 10.9. The lowest BCUT2D eigenvalue weighted by Gasteiger charge is -2.32. The summed E-state index contributed by atoms with van der Waals surface area (Å²) in [5.74, 6) is 0.127. The maximum atomic E-state index is 12.0. The van der Waals surface area contributed by atoms with Crippen LogP contribution in [0.3, 0.4) is 0 Å². The Balaban J connectivity index is 1.70. The zero-order valence-electron chi connectivity index (χ0n) is 13.4. The molecule has 0 saturated carbocycles. The number of hydrogen-bond donors (Lipinski definition) is 2. The first kappa shape index (κ1) is 17.9. The molecule has 128 valence electrons. The number of amides is 1. The number of sulfonamides is 1. The lowest BCUT2D eigenvalue weighted by Crippen LogP contribution is -2.49. The third-order valence-electron chi connectivity index (χ3n) is 3.97. The average Bonchev–Trinajstić information content (AvgIpc) is 2.51. The molecule has 1 amide bonds. The van der Waals surface area contributed by atoms with Crippen LogP contribution >= 0.6 is 0 Å². The largest absolute Gasteiger partial charge is 0.339 e. The van der Waals surface area contributed by atoms with Gasteiger partial charge in [-0.05, 0) is 37.7 Å². The van der Waals surface area contributed by atoms with Gasteiger partial charge in [0.1, 0.15) is 0 Å². The van der Waals surface area contributed by atoms with Crippen LogP contribution in [0.4, 0.5) is 0 Å². The van der Waals surface area contributed by atoms with Crippen molar-refractivity contribution in [1.82, 2.24) is 15.1 Å². The summed E-state index contributed by atoms with van der Waals surface area (Å²) in [7, 11) is -1.58. The van der Waals surface area contributed by atoms with E-state index in [1.807, 2.05) is 4.90 Å². The van der Waals surface area contributed by atoms with Gasteiger partial charge in [-0.15, -0.1) is 0 Å². The molecule has 3 N–H and O–H groups in total. The number of piperazine rings is 1. The minimum atomic E-state index is -3.64. The Morgan fingerprint density at radius 2 is 1.78 bits per heavy atom. The van der Waals surface area contributed by atoms with Crippen LogP contribution in [-0.2, 0) is 21.2 Å². The van der Waals surface area contributed by atoms with Crippen LogP contribution < -0.4 is 10.5 Å². The van der Waals surface area contributed by atoms with Crippen molar-refractivity contribution >= 4 is 15.9 Å². The maximum Gasteiger partial charge on any atom is 0.238 e. The molecule has 2 rings (SSSR count). The van der Waals surface area contributed by atoms with E-state index in [0.29, 0.717) is 13.1 Å².